The zero-order valence-corrected chi connectivity index (χ0v) is 16.0. The summed E-state index contributed by atoms with van der Waals surface area (Å²) in [5.41, 5.74) is 0.416. The Morgan fingerprint density at radius 3 is 2.25 bits per heavy atom. The summed E-state index contributed by atoms with van der Waals surface area (Å²) in [6, 6.07) is 8.44. The van der Waals surface area contributed by atoms with Gasteiger partial charge in [0, 0.05) is 5.02 Å². The second-order valence-electron chi connectivity index (χ2n) is 6.42. The zero-order valence-electron chi connectivity index (χ0n) is 15.3. The van der Waals surface area contributed by atoms with Gasteiger partial charge in [0.05, 0.1) is 18.8 Å². The highest BCUT2D eigenvalue weighted by Gasteiger charge is 2.19. The molecule has 5 nitrogen and oxygen atoms in total. The van der Waals surface area contributed by atoms with Crippen LogP contribution in [0.4, 0.5) is 18.9 Å². The summed E-state index contributed by atoms with van der Waals surface area (Å²) in [7, 11) is 1.60. The molecule has 28 heavy (non-hydrogen) atoms. The fourth-order valence-corrected chi connectivity index (χ4v) is 2.68. The highest BCUT2D eigenvalue weighted by molar-refractivity contribution is 6.30. The van der Waals surface area contributed by atoms with Crippen molar-refractivity contribution in [2.75, 3.05) is 25.5 Å². The summed E-state index contributed by atoms with van der Waals surface area (Å²) in [6.07, 6.45) is 0. The van der Waals surface area contributed by atoms with Gasteiger partial charge < -0.3 is 15.5 Å². The van der Waals surface area contributed by atoms with E-state index in [1.54, 1.807) is 31.3 Å². The Labute approximate surface area is 165 Å². The molecule has 0 spiro atoms. The van der Waals surface area contributed by atoms with Gasteiger partial charge >= 0.3 is 0 Å². The minimum absolute atomic E-state index is 0.00832. The molecule has 0 heterocycles. The van der Waals surface area contributed by atoms with E-state index < -0.39 is 29.0 Å². The van der Waals surface area contributed by atoms with E-state index in [1.165, 1.54) is 0 Å². The fraction of sp³-hybridized carbons (Fsp3) is 0.263. The Hall–Kier alpha value is -2.58. The molecular formula is C19H20ClF3N3O2+. The molecule has 2 aromatic rings. The Morgan fingerprint density at radius 2 is 1.61 bits per heavy atom. The minimum Gasteiger partial charge on any atom is -0.345 e. The van der Waals surface area contributed by atoms with Gasteiger partial charge in [-0.05, 0) is 36.8 Å². The standard InChI is InChI=1S/C19H19ClF3N3O2/c1-11(12-3-5-13(20)6-4-12)24-16(27)9-26(2)10-17(28)25-15-8-7-14(21)18(22)19(15)23/h3-8,11H,9-10H2,1-2H3,(H,24,27)(H,25,28)/p+1/t11-/m0/s1. The van der Waals surface area contributed by atoms with E-state index in [2.05, 4.69) is 10.6 Å². The summed E-state index contributed by atoms with van der Waals surface area (Å²) in [5, 5.41) is 5.57. The average molecular weight is 415 g/mol. The van der Waals surface area contributed by atoms with E-state index in [1.807, 2.05) is 6.92 Å². The van der Waals surface area contributed by atoms with Crippen molar-refractivity contribution < 1.29 is 27.7 Å². The fourth-order valence-electron chi connectivity index (χ4n) is 2.55. The maximum atomic E-state index is 13.6. The molecule has 2 atom stereocenters. The Bertz CT molecular complexity index is 862. The third-order valence-electron chi connectivity index (χ3n) is 3.98. The first kappa shape index (κ1) is 21.7. The molecule has 0 saturated heterocycles. The van der Waals surface area contributed by atoms with Gasteiger partial charge in [-0.1, -0.05) is 23.7 Å². The van der Waals surface area contributed by atoms with E-state index in [0.717, 1.165) is 17.7 Å². The first-order valence-corrected chi connectivity index (χ1v) is 8.84. The lowest BCUT2D eigenvalue weighted by Gasteiger charge is -2.17. The molecule has 150 valence electrons. The molecular weight excluding hydrogens is 395 g/mol. The lowest BCUT2D eigenvalue weighted by atomic mass is 10.1. The number of halogens is 4. The van der Waals surface area contributed by atoms with Gasteiger partial charge in [-0.2, -0.15) is 0 Å². The molecule has 2 aromatic carbocycles. The van der Waals surface area contributed by atoms with E-state index in [0.29, 0.717) is 9.92 Å². The summed E-state index contributed by atoms with van der Waals surface area (Å²) in [5.74, 6) is -5.40. The van der Waals surface area contributed by atoms with Crippen LogP contribution in [0.25, 0.3) is 0 Å². The van der Waals surface area contributed by atoms with Crippen molar-refractivity contribution in [2.45, 2.75) is 13.0 Å². The number of likely N-dealkylation sites (N-methyl/N-ethyl adjacent to an activating group) is 1. The number of carbonyl (C=O) groups excluding carboxylic acids is 2. The van der Waals surface area contributed by atoms with Crippen LogP contribution in [0.3, 0.4) is 0 Å². The van der Waals surface area contributed by atoms with E-state index in [-0.39, 0.29) is 25.0 Å². The lowest BCUT2D eigenvalue weighted by Crippen LogP contribution is -3.11. The van der Waals surface area contributed by atoms with E-state index >= 15 is 0 Å². The van der Waals surface area contributed by atoms with Gasteiger partial charge in [-0.15, -0.1) is 0 Å². The largest absolute Gasteiger partial charge is 0.345 e. The third-order valence-corrected chi connectivity index (χ3v) is 4.23. The SMILES string of the molecule is C[C@H](NC(=O)C[NH+](C)CC(=O)Nc1ccc(F)c(F)c1F)c1ccc(Cl)cc1. The molecule has 2 rings (SSSR count). The summed E-state index contributed by atoms with van der Waals surface area (Å²) in [4.78, 5) is 24.6. The molecule has 3 N–H and O–H groups in total. The summed E-state index contributed by atoms with van der Waals surface area (Å²) in [6.45, 7) is 1.64. The lowest BCUT2D eigenvalue weighted by molar-refractivity contribution is -0.862. The molecule has 9 heteroatoms. The third kappa shape index (κ3) is 5.97. The molecule has 2 amide bonds. The zero-order chi connectivity index (χ0) is 20.8. The second-order valence-corrected chi connectivity index (χ2v) is 6.86. The molecule has 0 fully saturated rings. The molecule has 0 aliphatic rings. The van der Waals surface area contributed by atoms with Crippen LogP contribution in [0.2, 0.25) is 5.02 Å². The van der Waals surface area contributed by atoms with Gasteiger partial charge in [0.25, 0.3) is 11.8 Å². The first-order valence-electron chi connectivity index (χ1n) is 8.47. The normalized spacial score (nSPS) is 12.9. The number of hydrogen-bond donors (Lipinski definition) is 3. The minimum atomic E-state index is -1.66. The number of quaternary nitrogens is 1. The first-order chi connectivity index (χ1) is 13.2. The van der Waals surface area contributed by atoms with Gasteiger partial charge in [-0.25, -0.2) is 13.2 Å². The Balaban J connectivity index is 1.84. The van der Waals surface area contributed by atoms with E-state index in [9.17, 15) is 22.8 Å². The van der Waals surface area contributed by atoms with Crippen LogP contribution in [-0.4, -0.2) is 32.0 Å². The number of anilines is 1. The molecule has 0 bridgehead atoms. The van der Waals surface area contributed by atoms with Crippen LogP contribution in [0, 0.1) is 17.5 Å². The molecule has 1 unspecified atom stereocenters. The Morgan fingerprint density at radius 1 is 1.00 bits per heavy atom. The molecule has 0 aromatic heterocycles. The van der Waals surface area contributed by atoms with Crippen molar-refractivity contribution in [3.63, 3.8) is 0 Å². The Kier molecular flexibility index (Phi) is 7.42. The van der Waals surface area contributed by atoms with Crippen molar-refractivity contribution in [3.05, 3.63) is 64.4 Å². The summed E-state index contributed by atoms with van der Waals surface area (Å²) >= 11 is 5.83. The van der Waals surface area contributed by atoms with Crippen LogP contribution in [0.1, 0.15) is 18.5 Å². The maximum Gasteiger partial charge on any atom is 0.279 e. The van der Waals surface area contributed by atoms with Crippen LogP contribution >= 0.6 is 11.6 Å². The monoisotopic (exact) mass is 414 g/mol. The molecule has 0 aliphatic heterocycles. The summed E-state index contributed by atoms with van der Waals surface area (Å²) < 4.78 is 39.7. The van der Waals surface area contributed by atoms with Gasteiger partial charge in [-0.3, -0.25) is 9.59 Å². The van der Waals surface area contributed by atoms with Crippen molar-refractivity contribution in [3.8, 4) is 0 Å². The number of benzene rings is 2. The van der Waals surface area contributed by atoms with Gasteiger partial charge in [0.2, 0.25) is 0 Å². The van der Waals surface area contributed by atoms with Crippen LogP contribution in [0.5, 0.6) is 0 Å². The van der Waals surface area contributed by atoms with Crippen LogP contribution in [0.15, 0.2) is 36.4 Å². The number of carbonyl (C=O) groups is 2. The van der Waals surface area contributed by atoms with Crippen LogP contribution < -0.4 is 15.5 Å². The van der Waals surface area contributed by atoms with Gasteiger partial charge in [0.1, 0.15) is 0 Å². The van der Waals surface area contributed by atoms with Crippen LogP contribution in [-0.2, 0) is 9.59 Å². The van der Waals surface area contributed by atoms with E-state index in [4.69, 9.17) is 11.6 Å². The second kappa shape index (κ2) is 9.57. The van der Waals surface area contributed by atoms with Crippen molar-refractivity contribution in [1.29, 1.82) is 0 Å². The predicted molar refractivity (Wildman–Crippen MR) is 99.6 cm³/mol. The average Bonchev–Trinajstić information content (AvgIpc) is 2.62. The highest BCUT2D eigenvalue weighted by atomic mass is 35.5. The van der Waals surface area contributed by atoms with Crippen molar-refractivity contribution >= 4 is 29.1 Å². The number of amides is 2. The molecule has 0 radical (unpaired) electrons. The molecule has 0 aliphatic carbocycles. The smallest absolute Gasteiger partial charge is 0.279 e. The number of nitrogens with one attached hydrogen (secondary N) is 3. The maximum absolute atomic E-state index is 13.6. The quantitative estimate of drug-likeness (QED) is 0.607. The predicted octanol–water partition coefficient (Wildman–Crippen LogP) is 2.09. The topological polar surface area (TPSA) is 62.6 Å². The number of hydrogen-bond acceptors (Lipinski definition) is 2. The number of rotatable bonds is 7. The van der Waals surface area contributed by atoms with Crippen molar-refractivity contribution in [2.24, 2.45) is 0 Å². The molecule has 0 saturated carbocycles. The van der Waals surface area contributed by atoms with Crippen molar-refractivity contribution in [1.82, 2.24) is 5.32 Å². The highest BCUT2D eigenvalue weighted by Crippen LogP contribution is 2.19. The van der Waals surface area contributed by atoms with Gasteiger partial charge in [0.15, 0.2) is 30.5 Å².